The van der Waals surface area contributed by atoms with Gasteiger partial charge in [0.1, 0.15) is 5.82 Å². The molecule has 1 aliphatic heterocycles. The molecule has 0 saturated heterocycles. The fraction of sp³-hybridized carbons (Fsp3) is 0.107. The van der Waals surface area contributed by atoms with Crippen LogP contribution in [0.25, 0.3) is 16.8 Å². The number of Topliss-reactive ketones (excluding diaryl/α,β-unsaturated/α-hetero) is 1. The Morgan fingerprint density at radius 2 is 1.32 bits per heavy atom. The zero-order chi connectivity index (χ0) is 23.6. The predicted octanol–water partition coefficient (Wildman–Crippen LogP) is 3.92. The Bertz CT molecular complexity index is 1640. The molecule has 4 aromatic rings. The van der Waals surface area contributed by atoms with Crippen LogP contribution in [0.5, 0.6) is 0 Å². The smallest absolute Gasteiger partial charge is 0.332 e. The largest absolute Gasteiger partial charge is 0.340 e. The Morgan fingerprint density at radius 3 is 2.03 bits per heavy atom. The highest BCUT2D eigenvalue weighted by atomic mass is 16.2. The Hall–Kier alpha value is -4.45. The second-order valence-electron chi connectivity index (χ2n) is 8.68. The van der Waals surface area contributed by atoms with Gasteiger partial charge in [-0.15, -0.1) is 0 Å². The molecule has 6 nitrogen and oxygen atoms in total. The molecule has 1 atom stereocenters. The van der Waals surface area contributed by atoms with Gasteiger partial charge >= 0.3 is 5.69 Å². The summed E-state index contributed by atoms with van der Waals surface area (Å²) < 4.78 is 2.54. The first-order valence-electron chi connectivity index (χ1n) is 11.1. The van der Waals surface area contributed by atoms with Crippen LogP contribution >= 0.6 is 0 Å². The highest BCUT2D eigenvalue weighted by Crippen LogP contribution is 2.47. The molecule has 0 radical (unpaired) electrons. The first kappa shape index (κ1) is 20.2. The van der Waals surface area contributed by atoms with Crippen LogP contribution in [-0.4, -0.2) is 14.9 Å². The maximum absolute atomic E-state index is 13.6. The summed E-state index contributed by atoms with van der Waals surface area (Å²) in [6.45, 7) is 0. The third-order valence-electron chi connectivity index (χ3n) is 6.83. The summed E-state index contributed by atoms with van der Waals surface area (Å²) >= 11 is 0. The summed E-state index contributed by atoms with van der Waals surface area (Å²) in [5.41, 5.74) is 5.11. The molecular weight excluding hydrogens is 426 g/mol. The van der Waals surface area contributed by atoms with Gasteiger partial charge in [0.15, 0.2) is 5.78 Å². The van der Waals surface area contributed by atoms with Crippen LogP contribution in [0.4, 0.5) is 5.82 Å². The predicted molar refractivity (Wildman–Crippen MR) is 132 cm³/mol. The maximum atomic E-state index is 13.6. The average molecular weight is 447 g/mol. The van der Waals surface area contributed by atoms with Crippen molar-refractivity contribution in [2.75, 3.05) is 5.32 Å². The number of rotatable bonds is 2. The Morgan fingerprint density at radius 1 is 0.706 bits per heavy atom. The molecule has 0 fully saturated rings. The number of fused-ring (bicyclic) bond motifs is 3. The van der Waals surface area contributed by atoms with E-state index in [2.05, 4.69) is 5.32 Å². The lowest BCUT2D eigenvalue weighted by Gasteiger charge is -2.29. The van der Waals surface area contributed by atoms with Gasteiger partial charge in [-0.2, -0.15) is 0 Å². The van der Waals surface area contributed by atoms with Gasteiger partial charge in [-0.3, -0.25) is 18.7 Å². The van der Waals surface area contributed by atoms with Gasteiger partial charge in [0.25, 0.3) is 5.56 Å². The summed E-state index contributed by atoms with van der Waals surface area (Å²) in [6, 6.07) is 25.4. The molecule has 2 heterocycles. The molecule has 0 amide bonds. The monoisotopic (exact) mass is 447 g/mol. The average Bonchev–Trinajstić information content (AvgIpc) is 3.17. The van der Waals surface area contributed by atoms with E-state index in [1.807, 2.05) is 72.8 Å². The van der Waals surface area contributed by atoms with E-state index in [1.54, 1.807) is 13.1 Å². The van der Waals surface area contributed by atoms with E-state index in [-0.39, 0.29) is 5.78 Å². The number of carbonyl (C=O) groups is 1. The molecule has 6 rings (SSSR count). The van der Waals surface area contributed by atoms with E-state index in [0.717, 1.165) is 26.8 Å². The molecule has 6 heteroatoms. The zero-order valence-electron chi connectivity index (χ0n) is 18.7. The van der Waals surface area contributed by atoms with Crippen molar-refractivity contribution < 1.29 is 4.79 Å². The SMILES string of the molecule is Cn1c2c(c(=O)n(C)c1=O)[C@H](c1ccc(-c3ccccc3)cc1)C1=C(N2)c2ccccc2C1=O. The second kappa shape index (κ2) is 7.28. The van der Waals surface area contributed by atoms with Crippen LogP contribution in [0.2, 0.25) is 0 Å². The van der Waals surface area contributed by atoms with Crippen LogP contribution < -0.4 is 16.6 Å². The van der Waals surface area contributed by atoms with Crippen molar-refractivity contribution in [3.05, 3.63) is 128 Å². The number of carbonyl (C=O) groups excluding carboxylic acids is 1. The van der Waals surface area contributed by atoms with Gasteiger partial charge in [-0.25, -0.2) is 4.79 Å². The quantitative estimate of drug-likeness (QED) is 0.506. The van der Waals surface area contributed by atoms with E-state index in [4.69, 9.17) is 0 Å². The number of anilines is 1. The standard InChI is InChI=1S/C28H21N3O3/c1-30-26-23(27(33)31(2)28(30)34)21(18-14-12-17(13-15-18)16-8-4-3-5-9-16)22-24(29-26)19-10-6-7-11-20(19)25(22)32/h3-15,21,29H,1-2H3/t21-/m1/s1. The molecule has 1 aromatic heterocycles. The second-order valence-corrected chi connectivity index (χ2v) is 8.68. The molecule has 1 aliphatic carbocycles. The summed E-state index contributed by atoms with van der Waals surface area (Å²) in [6.07, 6.45) is 0. The molecule has 0 saturated carbocycles. The number of hydrogen-bond donors (Lipinski definition) is 1. The van der Waals surface area contributed by atoms with Crippen molar-refractivity contribution in [3.63, 3.8) is 0 Å². The minimum atomic E-state index is -0.596. The van der Waals surface area contributed by atoms with Gasteiger partial charge < -0.3 is 5.32 Å². The number of ketones is 1. The van der Waals surface area contributed by atoms with Gasteiger partial charge in [-0.1, -0.05) is 78.9 Å². The third kappa shape index (κ3) is 2.72. The normalized spacial score (nSPS) is 16.1. The van der Waals surface area contributed by atoms with Crippen molar-refractivity contribution in [2.45, 2.75) is 5.92 Å². The molecule has 3 aromatic carbocycles. The number of nitrogens with zero attached hydrogens (tertiary/aromatic N) is 2. The van der Waals surface area contributed by atoms with Crippen LogP contribution in [0.3, 0.4) is 0 Å². The van der Waals surface area contributed by atoms with Crippen LogP contribution in [0, 0.1) is 0 Å². The fourth-order valence-corrected chi connectivity index (χ4v) is 5.09. The van der Waals surface area contributed by atoms with E-state index >= 15 is 0 Å². The van der Waals surface area contributed by atoms with Crippen LogP contribution in [0.1, 0.15) is 33.0 Å². The molecule has 166 valence electrons. The lowest BCUT2D eigenvalue weighted by molar-refractivity contribution is 0.103. The molecular formula is C28H21N3O3. The number of benzene rings is 3. The zero-order valence-corrected chi connectivity index (χ0v) is 18.7. The Labute approximate surface area is 195 Å². The summed E-state index contributed by atoms with van der Waals surface area (Å²) in [5, 5.41) is 3.27. The maximum Gasteiger partial charge on any atom is 0.332 e. The highest BCUT2D eigenvalue weighted by Gasteiger charge is 2.42. The number of hydrogen-bond acceptors (Lipinski definition) is 4. The summed E-state index contributed by atoms with van der Waals surface area (Å²) in [7, 11) is 3.10. The van der Waals surface area contributed by atoms with E-state index in [1.165, 1.54) is 11.6 Å². The third-order valence-corrected chi connectivity index (χ3v) is 6.83. The Balaban J connectivity index is 1.61. The molecule has 1 N–H and O–H groups in total. The number of allylic oxidation sites excluding steroid dienone is 1. The lowest BCUT2D eigenvalue weighted by atomic mass is 9.81. The summed E-state index contributed by atoms with van der Waals surface area (Å²) in [4.78, 5) is 39.7. The molecule has 0 bridgehead atoms. The topological polar surface area (TPSA) is 73.1 Å². The molecule has 2 aliphatic rings. The van der Waals surface area contributed by atoms with Gasteiger partial charge in [0.05, 0.1) is 11.3 Å². The van der Waals surface area contributed by atoms with Crippen molar-refractivity contribution >= 4 is 17.3 Å². The van der Waals surface area contributed by atoms with Crippen molar-refractivity contribution in [1.82, 2.24) is 9.13 Å². The highest BCUT2D eigenvalue weighted by molar-refractivity contribution is 6.23. The minimum absolute atomic E-state index is 0.100. The van der Waals surface area contributed by atoms with E-state index < -0.39 is 17.2 Å². The Kier molecular flexibility index (Phi) is 4.32. The number of aromatic nitrogens is 2. The van der Waals surface area contributed by atoms with Crippen LogP contribution in [0.15, 0.2) is 94.0 Å². The minimum Gasteiger partial charge on any atom is -0.340 e. The lowest BCUT2D eigenvalue weighted by Crippen LogP contribution is -2.42. The van der Waals surface area contributed by atoms with E-state index in [9.17, 15) is 14.4 Å². The summed E-state index contributed by atoms with van der Waals surface area (Å²) in [5.74, 6) is -0.272. The fourth-order valence-electron chi connectivity index (χ4n) is 5.09. The molecule has 0 unspecified atom stereocenters. The first-order chi connectivity index (χ1) is 16.5. The first-order valence-corrected chi connectivity index (χ1v) is 11.1. The van der Waals surface area contributed by atoms with E-state index in [0.29, 0.717) is 28.2 Å². The van der Waals surface area contributed by atoms with Crippen molar-refractivity contribution in [3.8, 4) is 11.1 Å². The molecule has 0 spiro atoms. The van der Waals surface area contributed by atoms with Crippen molar-refractivity contribution in [1.29, 1.82) is 0 Å². The van der Waals surface area contributed by atoms with Crippen molar-refractivity contribution in [2.24, 2.45) is 14.1 Å². The number of nitrogens with one attached hydrogen (secondary N) is 1. The van der Waals surface area contributed by atoms with Gasteiger partial charge in [0, 0.05) is 36.7 Å². The van der Waals surface area contributed by atoms with Gasteiger partial charge in [-0.05, 0) is 16.7 Å². The van der Waals surface area contributed by atoms with Crippen LogP contribution in [-0.2, 0) is 14.1 Å². The molecule has 34 heavy (non-hydrogen) atoms. The van der Waals surface area contributed by atoms with Gasteiger partial charge in [0.2, 0.25) is 0 Å².